The summed E-state index contributed by atoms with van der Waals surface area (Å²) < 4.78 is 0. The van der Waals surface area contributed by atoms with Crippen molar-refractivity contribution in [2.45, 2.75) is 12.5 Å². The molecule has 1 atom stereocenters. The van der Waals surface area contributed by atoms with Crippen LogP contribution in [0.2, 0.25) is 10.0 Å². The number of anilines is 1. The van der Waals surface area contributed by atoms with E-state index in [4.69, 9.17) is 29.0 Å². The largest absolute Gasteiger partial charge is 0.507 e. The number of halogens is 2. The second-order valence-corrected chi connectivity index (χ2v) is 7.15. The summed E-state index contributed by atoms with van der Waals surface area (Å²) >= 11 is 11.8. The molecule has 0 saturated heterocycles. The Kier molecular flexibility index (Phi) is 8.47. The first-order valence-electron chi connectivity index (χ1n) is 8.76. The van der Waals surface area contributed by atoms with E-state index in [9.17, 15) is 24.6 Å². The Morgan fingerprint density at radius 3 is 2.42 bits per heavy atom. The van der Waals surface area contributed by atoms with E-state index >= 15 is 0 Å². The molecule has 0 bridgehead atoms. The minimum atomic E-state index is -1.27. The SMILES string of the molecule is NN=CNc1ccc(O)c(C(=O)NCC(=O)NC(Cc2cc(Cl)cc(Cl)c2)C(=O)O)c1. The van der Waals surface area contributed by atoms with Gasteiger partial charge in [-0.1, -0.05) is 23.2 Å². The van der Waals surface area contributed by atoms with Crippen LogP contribution in [0.3, 0.4) is 0 Å². The number of hydrogen-bond donors (Lipinski definition) is 6. The number of carboxylic acid groups (broad SMARTS) is 1. The van der Waals surface area contributed by atoms with Gasteiger partial charge in [0.1, 0.15) is 18.1 Å². The number of phenolic OH excluding ortho intramolecular Hbond substituents is 1. The van der Waals surface area contributed by atoms with Crippen molar-refractivity contribution in [1.82, 2.24) is 10.6 Å². The molecule has 2 aromatic rings. The smallest absolute Gasteiger partial charge is 0.326 e. The fourth-order valence-corrected chi connectivity index (χ4v) is 3.16. The number of amides is 2. The van der Waals surface area contributed by atoms with Crippen molar-refractivity contribution < 1.29 is 24.6 Å². The van der Waals surface area contributed by atoms with Gasteiger partial charge in [0.15, 0.2) is 0 Å². The van der Waals surface area contributed by atoms with Crippen molar-refractivity contribution in [3.05, 3.63) is 57.6 Å². The van der Waals surface area contributed by atoms with Gasteiger partial charge in [0.25, 0.3) is 5.91 Å². The van der Waals surface area contributed by atoms with E-state index < -0.39 is 30.4 Å². The van der Waals surface area contributed by atoms with Crippen LogP contribution in [0.1, 0.15) is 15.9 Å². The molecule has 0 fully saturated rings. The van der Waals surface area contributed by atoms with Gasteiger partial charge < -0.3 is 32.0 Å². The lowest BCUT2D eigenvalue weighted by Gasteiger charge is -2.15. The first kappa shape index (κ1) is 23.8. The number of hydrogen-bond acceptors (Lipinski definition) is 6. The summed E-state index contributed by atoms with van der Waals surface area (Å²) in [4.78, 5) is 36.0. The van der Waals surface area contributed by atoms with Gasteiger partial charge in [0, 0.05) is 22.2 Å². The molecule has 2 rings (SSSR count). The maximum Gasteiger partial charge on any atom is 0.326 e. The van der Waals surface area contributed by atoms with Gasteiger partial charge >= 0.3 is 5.97 Å². The summed E-state index contributed by atoms with van der Waals surface area (Å²) in [5.41, 5.74) is 0.837. The Bertz CT molecular complexity index is 995. The molecule has 0 heterocycles. The molecule has 1 unspecified atom stereocenters. The lowest BCUT2D eigenvalue weighted by molar-refractivity contribution is -0.141. The topological polar surface area (TPSA) is 166 Å². The summed E-state index contributed by atoms with van der Waals surface area (Å²) in [7, 11) is 0. The van der Waals surface area contributed by atoms with Crippen LogP contribution in [-0.2, 0) is 16.0 Å². The highest BCUT2D eigenvalue weighted by Crippen LogP contribution is 2.21. The second-order valence-electron chi connectivity index (χ2n) is 6.28. The summed E-state index contributed by atoms with van der Waals surface area (Å²) in [5, 5.41) is 30.5. The fraction of sp³-hybridized carbons (Fsp3) is 0.158. The van der Waals surface area contributed by atoms with Crippen molar-refractivity contribution in [2.75, 3.05) is 11.9 Å². The first-order valence-corrected chi connectivity index (χ1v) is 9.51. The predicted octanol–water partition coefficient (Wildman–Crippen LogP) is 1.55. The molecule has 0 radical (unpaired) electrons. The molecule has 0 aliphatic carbocycles. The number of carbonyl (C=O) groups is 3. The lowest BCUT2D eigenvalue weighted by atomic mass is 10.1. The molecule has 0 aromatic heterocycles. The molecule has 31 heavy (non-hydrogen) atoms. The normalized spacial score (nSPS) is 11.7. The zero-order valence-electron chi connectivity index (χ0n) is 15.9. The Morgan fingerprint density at radius 1 is 1.13 bits per heavy atom. The van der Waals surface area contributed by atoms with Crippen LogP contribution < -0.4 is 21.8 Å². The van der Waals surface area contributed by atoms with Crippen molar-refractivity contribution in [3.8, 4) is 5.75 Å². The molecule has 164 valence electrons. The minimum Gasteiger partial charge on any atom is -0.507 e. The van der Waals surface area contributed by atoms with Crippen LogP contribution in [0.15, 0.2) is 41.5 Å². The van der Waals surface area contributed by atoms with Crippen molar-refractivity contribution >= 4 is 53.0 Å². The van der Waals surface area contributed by atoms with Gasteiger partial charge in [-0.3, -0.25) is 9.59 Å². The highest BCUT2D eigenvalue weighted by molar-refractivity contribution is 6.34. The number of benzene rings is 2. The van der Waals surface area contributed by atoms with Crippen LogP contribution in [0.5, 0.6) is 5.75 Å². The highest BCUT2D eigenvalue weighted by Gasteiger charge is 2.21. The molecule has 0 spiro atoms. The number of nitrogens with two attached hydrogens (primary N) is 1. The van der Waals surface area contributed by atoms with E-state index in [1.54, 1.807) is 0 Å². The van der Waals surface area contributed by atoms with E-state index in [1.807, 2.05) is 0 Å². The van der Waals surface area contributed by atoms with Crippen molar-refractivity contribution in [3.63, 3.8) is 0 Å². The Labute approximate surface area is 187 Å². The van der Waals surface area contributed by atoms with Crippen molar-refractivity contribution in [1.29, 1.82) is 0 Å². The van der Waals surface area contributed by atoms with Crippen molar-refractivity contribution in [2.24, 2.45) is 10.9 Å². The molecule has 0 saturated carbocycles. The molecular formula is C19H19Cl2N5O5. The molecule has 10 nitrogen and oxygen atoms in total. The maximum absolute atomic E-state index is 12.3. The summed E-state index contributed by atoms with van der Waals surface area (Å²) in [5.74, 6) is 1.93. The number of nitrogens with zero attached hydrogens (tertiary/aromatic N) is 1. The first-order chi connectivity index (χ1) is 14.7. The number of carbonyl (C=O) groups excluding carboxylic acids is 2. The molecule has 12 heteroatoms. The number of hydrazone groups is 1. The van der Waals surface area contributed by atoms with Gasteiger partial charge in [-0.05, 0) is 42.0 Å². The average Bonchev–Trinajstić information content (AvgIpc) is 2.70. The molecule has 0 aliphatic heterocycles. The van der Waals surface area contributed by atoms with E-state index in [0.29, 0.717) is 21.3 Å². The number of aliphatic carboxylic acids is 1. The fourth-order valence-electron chi connectivity index (χ4n) is 2.59. The van der Waals surface area contributed by atoms with E-state index in [-0.39, 0.29) is 17.7 Å². The monoisotopic (exact) mass is 467 g/mol. The van der Waals surface area contributed by atoms with Gasteiger partial charge in [-0.15, -0.1) is 0 Å². The Balaban J connectivity index is 1.99. The number of aromatic hydroxyl groups is 1. The van der Waals surface area contributed by atoms with Gasteiger partial charge in [0.2, 0.25) is 5.91 Å². The summed E-state index contributed by atoms with van der Waals surface area (Å²) in [6, 6.07) is 7.40. The number of phenols is 1. The second kappa shape index (κ2) is 11.0. The molecule has 7 N–H and O–H groups in total. The third-order valence-electron chi connectivity index (χ3n) is 3.95. The third kappa shape index (κ3) is 7.36. The summed E-state index contributed by atoms with van der Waals surface area (Å²) in [6.07, 6.45) is 1.12. The molecular weight excluding hydrogens is 449 g/mol. The molecule has 2 amide bonds. The lowest BCUT2D eigenvalue weighted by Crippen LogP contribution is -2.46. The average molecular weight is 468 g/mol. The van der Waals surface area contributed by atoms with Crippen LogP contribution in [0, 0.1) is 0 Å². The van der Waals surface area contributed by atoms with Gasteiger partial charge in [-0.25, -0.2) is 4.79 Å². The van der Waals surface area contributed by atoms with Crippen LogP contribution in [0.4, 0.5) is 5.69 Å². The predicted molar refractivity (Wildman–Crippen MR) is 116 cm³/mol. The standard InChI is InChI=1S/C19H19Cl2N5O5/c20-11-3-10(4-12(21)6-11)5-15(19(30)31)26-17(28)8-23-18(29)14-7-13(24-9-25-22)1-2-16(14)27/h1-4,6-7,9,15,27H,5,8,22H2,(H,23,29)(H,24,25)(H,26,28)(H,30,31). The quantitative estimate of drug-likeness (QED) is 0.107. The van der Waals surface area contributed by atoms with Gasteiger partial charge in [-0.2, -0.15) is 5.10 Å². The minimum absolute atomic E-state index is 0.0630. The van der Waals surface area contributed by atoms with Crippen LogP contribution >= 0.6 is 23.2 Å². The maximum atomic E-state index is 12.3. The highest BCUT2D eigenvalue weighted by atomic mass is 35.5. The Hall–Kier alpha value is -3.50. The zero-order chi connectivity index (χ0) is 23.0. The number of rotatable bonds is 9. The number of nitrogens with one attached hydrogen (secondary N) is 3. The molecule has 2 aromatic carbocycles. The molecule has 0 aliphatic rings. The third-order valence-corrected chi connectivity index (χ3v) is 4.39. The van der Waals surface area contributed by atoms with Crippen LogP contribution in [-0.4, -0.2) is 46.9 Å². The number of carboxylic acids is 1. The summed E-state index contributed by atoms with van der Waals surface area (Å²) in [6.45, 7) is -0.514. The van der Waals surface area contributed by atoms with Crippen LogP contribution in [0.25, 0.3) is 0 Å². The van der Waals surface area contributed by atoms with E-state index in [2.05, 4.69) is 21.1 Å². The van der Waals surface area contributed by atoms with E-state index in [0.717, 1.165) is 0 Å². The Morgan fingerprint density at radius 2 is 1.81 bits per heavy atom. The zero-order valence-corrected chi connectivity index (χ0v) is 17.4. The van der Waals surface area contributed by atoms with E-state index in [1.165, 1.54) is 42.7 Å². The van der Waals surface area contributed by atoms with Gasteiger partial charge in [0.05, 0.1) is 12.1 Å².